The van der Waals surface area contributed by atoms with Crippen LogP contribution in [0, 0.1) is 0 Å². The number of azo groups is 2. The van der Waals surface area contributed by atoms with Gasteiger partial charge in [-0.15, -0.1) is 10.2 Å². The van der Waals surface area contributed by atoms with E-state index in [1.54, 1.807) is 0 Å². The van der Waals surface area contributed by atoms with Crippen molar-refractivity contribution in [2.45, 2.75) is 19.6 Å². The van der Waals surface area contributed by atoms with Crippen LogP contribution in [0.3, 0.4) is 0 Å². The Labute approximate surface area is 435 Å². The van der Waals surface area contributed by atoms with E-state index < -0.39 is 82.7 Å². The first kappa shape index (κ1) is 54.0. The van der Waals surface area contributed by atoms with E-state index in [9.17, 15) is 62.1 Å². The second-order valence-electron chi connectivity index (χ2n) is 11.7. The smallest absolute Gasteiger partial charge is 1.00 e. The average molecular weight is 941 g/mol. The Kier molecular flexibility index (Phi) is 18.1. The van der Waals surface area contributed by atoms with Gasteiger partial charge in [-0.2, -0.15) is 43.9 Å². The summed E-state index contributed by atoms with van der Waals surface area (Å²) < 4.78 is 136. The van der Waals surface area contributed by atoms with Gasteiger partial charge in [-0.05, 0) is 59.3 Å². The number of phenolic OH excluding ortho intramolecular Hbond substituents is 2. The Hall–Kier alpha value is -2.12. The van der Waals surface area contributed by atoms with Crippen molar-refractivity contribution >= 4 is 96.1 Å². The quantitative estimate of drug-likeness (QED) is 0.0290. The molecule has 0 heterocycles. The largest absolute Gasteiger partial charge is 1.00 e. The van der Waals surface area contributed by atoms with E-state index in [4.69, 9.17) is 11.5 Å². The summed E-state index contributed by atoms with van der Waals surface area (Å²) in [6.45, 7) is 0. The monoisotopic (exact) mass is 940 g/mol. The number of benzene rings is 6. The zero-order valence-electron chi connectivity index (χ0n) is 35.6. The Morgan fingerprint density at radius 2 is 0.767 bits per heavy atom. The Morgan fingerprint density at radius 3 is 1.07 bits per heavy atom. The molecule has 28 heteroatoms. The second-order valence-corrected chi connectivity index (χ2v) is 17.4. The van der Waals surface area contributed by atoms with Gasteiger partial charge < -0.3 is 27.4 Å². The van der Waals surface area contributed by atoms with Crippen molar-refractivity contribution in [1.82, 2.24) is 0 Å². The Morgan fingerprint density at radius 1 is 0.433 bits per heavy atom. The number of phenols is 2. The minimum absolute atomic E-state index is 0. The summed E-state index contributed by atoms with van der Waals surface area (Å²) in [6.07, 6.45) is 0. The van der Waals surface area contributed by atoms with Crippen LogP contribution in [-0.2, 0) is 40.5 Å². The summed E-state index contributed by atoms with van der Waals surface area (Å²) in [5, 5.41) is 36.9. The van der Waals surface area contributed by atoms with Crippen LogP contribution in [0.15, 0.2) is 125 Å². The van der Waals surface area contributed by atoms with Crippen molar-refractivity contribution in [2.75, 3.05) is 11.5 Å². The van der Waals surface area contributed by atoms with Gasteiger partial charge in [0, 0.05) is 23.3 Å². The molecule has 0 spiro atoms. The van der Waals surface area contributed by atoms with E-state index in [2.05, 4.69) is 20.5 Å². The molecule has 6 aromatic carbocycles. The third-order valence-corrected chi connectivity index (χ3v) is 11.5. The summed E-state index contributed by atoms with van der Waals surface area (Å²) in [4.78, 5) is -3.05. The fraction of sp³-hybridized carbons (Fsp3) is 0. The van der Waals surface area contributed by atoms with E-state index >= 15 is 0 Å². The molecule has 0 saturated heterocycles. The van der Waals surface area contributed by atoms with Gasteiger partial charge in [-0.25, -0.2) is 0 Å². The van der Waals surface area contributed by atoms with Crippen LogP contribution in [0.25, 0.3) is 32.7 Å². The normalized spacial score (nSPS) is 12.1. The summed E-state index contributed by atoms with van der Waals surface area (Å²) in [5.41, 5.74) is 10.1. The maximum atomic E-state index is 12.6. The third-order valence-electron chi connectivity index (χ3n) is 8.05. The van der Waals surface area contributed by atoms with Crippen LogP contribution in [0.1, 0.15) is 5.71 Å². The Bertz CT molecular complexity index is 3020. The van der Waals surface area contributed by atoms with E-state index in [-0.39, 0.29) is 180 Å². The van der Waals surface area contributed by atoms with E-state index in [0.29, 0.717) is 0 Å². The van der Waals surface area contributed by atoms with Crippen LogP contribution >= 0.6 is 0 Å². The van der Waals surface area contributed by atoms with Crippen LogP contribution < -0.4 is 130 Å². The molecular weight excluding hydrogens is 913 g/mol. The fourth-order valence-electron chi connectivity index (χ4n) is 5.58. The van der Waals surface area contributed by atoms with Gasteiger partial charge >= 0.3 is 118 Å². The molecule has 6 rings (SSSR count). The first-order valence-corrected chi connectivity index (χ1v) is 20.8. The molecule has 10 N–H and O–H groups in total. The molecular formula is C32H28N6Na4O14S4. The minimum Gasteiger partial charge on any atom is -1.00 e. The minimum atomic E-state index is -5.17. The number of hydrogen-bond acceptors (Lipinski definition) is 16. The van der Waals surface area contributed by atoms with Crippen LogP contribution in [0.2, 0.25) is 0 Å². The maximum Gasteiger partial charge on any atom is 1.00 e. The van der Waals surface area contributed by atoms with Gasteiger partial charge in [0.15, 0.2) is 0 Å². The zero-order valence-corrected chi connectivity index (χ0v) is 42.9. The van der Waals surface area contributed by atoms with Gasteiger partial charge in [0.1, 0.15) is 32.7 Å². The molecule has 20 nitrogen and oxygen atoms in total. The number of rotatable bonds is 9. The summed E-state index contributed by atoms with van der Waals surface area (Å²) in [7, 11) is -19.8. The molecule has 0 aliphatic heterocycles. The number of aromatic hydroxyl groups is 2. The molecule has 0 fully saturated rings. The molecule has 0 saturated carbocycles. The molecule has 0 bridgehead atoms. The predicted octanol–water partition coefficient (Wildman–Crippen LogP) is -5.48. The van der Waals surface area contributed by atoms with Crippen LogP contribution in [-0.4, -0.2) is 62.1 Å². The molecule has 6 aromatic rings. The summed E-state index contributed by atoms with van der Waals surface area (Å²) >= 11 is 0. The number of fused-ring (bicyclic) bond motifs is 2. The first-order valence-electron chi connectivity index (χ1n) is 15.1. The second kappa shape index (κ2) is 20.2. The fourth-order valence-corrected chi connectivity index (χ4v) is 8.10. The summed E-state index contributed by atoms with van der Waals surface area (Å²) in [5.74, 6) is -1.31. The molecule has 0 amide bonds. The van der Waals surface area contributed by atoms with Crippen molar-refractivity contribution in [2.24, 2.45) is 20.5 Å². The van der Waals surface area contributed by atoms with Crippen molar-refractivity contribution in [3.05, 3.63) is 84.9 Å². The molecule has 0 aromatic heterocycles. The molecule has 0 aliphatic carbocycles. The van der Waals surface area contributed by atoms with Crippen LogP contribution in [0.5, 0.6) is 11.5 Å². The molecule has 0 atom stereocenters. The van der Waals surface area contributed by atoms with Gasteiger partial charge in [-0.1, -0.05) is 24.3 Å². The van der Waals surface area contributed by atoms with Crippen molar-refractivity contribution < 1.29 is 186 Å². The molecule has 0 unspecified atom stereocenters. The standard InChI is InChI=1S/C32H24N6O14S4.4Na.4H/c33-23-7-1-15-9-19(53(41,42)43)13-25(39)29(15)31(23)37-35-17-3-5-21(27(11-17)55(47,48)49)22-6-4-18(12-28(22)56(50,51)52)36-38-32-24(34)8-2-16-10-20(54(44,45)46)14-26(40)30(16)32;;;;;;;;/h1-14,39-40H,33-34H2,(H,41,42,43)(H,44,45,46)(H,47,48,49)(H,50,51,52);;;;;;;;/q;4*+1;4*-1. The summed E-state index contributed by atoms with van der Waals surface area (Å²) in [6, 6.07) is 14.8. The average Bonchev–Trinajstić information content (AvgIpc) is 3.09. The van der Waals surface area contributed by atoms with Gasteiger partial charge in [0.2, 0.25) is 0 Å². The number of anilines is 2. The number of nitrogen functional groups attached to an aromatic ring is 2. The van der Waals surface area contributed by atoms with E-state index in [1.807, 2.05) is 0 Å². The topological polar surface area (TPSA) is 359 Å². The van der Waals surface area contributed by atoms with Crippen molar-refractivity contribution in [3.8, 4) is 22.6 Å². The first-order chi connectivity index (χ1) is 25.9. The number of nitrogens with zero attached hydrogens (tertiary/aromatic N) is 4. The maximum absolute atomic E-state index is 12.6. The molecule has 0 aliphatic rings. The van der Waals surface area contributed by atoms with E-state index in [0.717, 1.165) is 60.7 Å². The SMILES string of the molecule is Nc1ccc2cc(S(=O)(=O)O)cc(O)c2c1N=Nc1ccc(-c2ccc(N=Nc3c(N)ccc4cc(S(=O)(=O)O)cc(O)c34)cc2S(=O)(=O)O)c(S(=O)(=O)O)c1.[H-].[H-].[H-].[H-].[Na+].[Na+].[Na+].[Na+]. The molecule has 298 valence electrons. The predicted molar refractivity (Wildman–Crippen MR) is 204 cm³/mol. The van der Waals surface area contributed by atoms with Crippen molar-refractivity contribution in [3.63, 3.8) is 0 Å². The molecule has 60 heavy (non-hydrogen) atoms. The van der Waals surface area contributed by atoms with Crippen molar-refractivity contribution in [1.29, 1.82) is 0 Å². The number of hydrogen-bond donors (Lipinski definition) is 8. The number of nitrogens with two attached hydrogens (primary N) is 2. The van der Waals surface area contributed by atoms with Gasteiger partial charge in [0.25, 0.3) is 40.5 Å². The van der Waals surface area contributed by atoms with Gasteiger partial charge in [0.05, 0.1) is 43.3 Å². The van der Waals surface area contributed by atoms with E-state index in [1.165, 1.54) is 24.3 Å². The Balaban J connectivity index is -0.00000465. The van der Waals surface area contributed by atoms with Gasteiger partial charge in [-0.3, -0.25) is 18.2 Å². The van der Waals surface area contributed by atoms with Crippen LogP contribution in [0.4, 0.5) is 34.1 Å². The zero-order chi connectivity index (χ0) is 41.1. The third kappa shape index (κ3) is 11.7. The molecule has 0 radical (unpaired) electrons.